The number of hydrogen-bond donors (Lipinski definition) is 3. The number of aliphatic hydroxyl groups is 1. The maximum Gasteiger partial charge on any atom is 0.342 e. The van der Waals surface area contributed by atoms with Crippen molar-refractivity contribution >= 4 is 28.7 Å². The molecule has 204 valence electrons. The van der Waals surface area contributed by atoms with Gasteiger partial charge >= 0.3 is 17.9 Å². The van der Waals surface area contributed by atoms with E-state index in [1.807, 2.05) is 0 Å². The average Bonchev–Trinajstić information content (AvgIpc) is 2.79. The zero-order chi connectivity index (χ0) is 28.2. The van der Waals surface area contributed by atoms with Gasteiger partial charge < -0.3 is 29.5 Å². The number of carbonyl (C=O) groups is 3. The number of hydrogen-bond acceptors (Lipinski definition) is 9. The molecule has 0 fully saturated rings. The number of carbonyl (C=O) groups excluding carboxylic acids is 3. The first-order valence-corrected chi connectivity index (χ1v) is 12.2. The van der Waals surface area contributed by atoms with Crippen molar-refractivity contribution in [1.82, 2.24) is 0 Å². The number of rotatable bonds is 10. The van der Waals surface area contributed by atoms with E-state index in [0.717, 1.165) is 0 Å². The van der Waals surface area contributed by atoms with Crippen LogP contribution in [0.5, 0.6) is 11.5 Å². The van der Waals surface area contributed by atoms with Crippen LogP contribution in [-0.4, -0.2) is 58.1 Å². The fraction of sp³-hybridized carbons (Fsp3) is 0.536. The molecule has 3 N–H and O–H groups in total. The molecule has 0 saturated heterocycles. The molecule has 2 rings (SSSR count). The molecule has 0 aliphatic carbocycles. The lowest BCUT2D eigenvalue weighted by Gasteiger charge is -2.35. The van der Waals surface area contributed by atoms with Crippen LogP contribution in [0.1, 0.15) is 71.7 Å². The molecule has 2 aromatic rings. The van der Waals surface area contributed by atoms with E-state index in [-0.39, 0.29) is 23.5 Å². The molecular formula is C28H38O9. The summed E-state index contributed by atoms with van der Waals surface area (Å²) in [6, 6.07) is 7.23. The summed E-state index contributed by atoms with van der Waals surface area (Å²) in [7, 11) is 0. The van der Waals surface area contributed by atoms with Crippen molar-refractivity contribution < 1.29 is 43.9 Å². The predicted octanol–water partition coefficient (Wildman–Crippen LogP) is 4.49. The van der Waals surface area contributed by atoms with Crippen LogP contribution in [0.2, 0.25) is 0 Å². The van der Waals surface area contributed by atoms with Gasteiger partial charge in [0, 0.05) is 0 Å². The van der Waals surface area contributed by atoms with Crippen molar-refractivity contribution in [2.45, 2.75) is 73.0 Å². The third-order valence-electron chi connectivity index (χ3n) is 6.03. The van der Waals surface area contributed by atoms with Gasteiger partial charge in [-0.05, 0) is 89.4 Å². The van der Waals surface area contributed by atoms with Crippen molar-refractivity contribution in [2.24, 2.45) is 10.8 Å². The number of phenols is 2. The molecule has 0 amide bonds. The monoisotopic (exact) mass is 518 g/mol. The quantitative estimate of drug-likeness (QED) is 0.307. The van der Waals surface area contributed by atoms with E-state index in [2.05, 4.69) is 0 Å². The number of aliphatic hydroxyl groups excluding tert-OH is 1. The summed E-state index contributed by atoms with van der Waals surface area (Å²) in [5.41, 5.74) is -2.77. The Labute approximate surface area is 217 Å². The molecule has 0 aromatic heterocycles. The summed E-state index contributed by atoms with van der Waals surface area (Å²) >= 11 is 0. The first-order chi connectivity index (χ1) is 17.0. The molecule has 2 unspecified atom stereocenters. The number of ether oxygens (including phenoxy) is 3. The summed E-state index contributed by atoms with van der Waals surface area (Å²) < 4.78 is 15.9. The highest BCUT2D eigenvalue weighted by Gasteiger charge is 2.44. The second kappa shape index (κ2) is 11.4. The van der Waals surface area contributed by atoms with Crippen molar-refractivity contribution in [2.75, 3.05) is 13.2 Å². The maximum atomic E-state index is 12.9. The third-order valence-corrected chi connectivity index (χ3v) is 6.03. The minimum Gasteiger partial charge on any atom is -0.508 e. The maximum absolute atomic E-state index is 12.9. The first kappa shape index (κ1) is 29.9. The molecule has 9 heteroatoms. The van der Waals surface area contributed by atoms with Crippen molar-refractivity contribution in [3.63, 3.8) is 0 Å². The smallest absolute Gasteiger partial charge is 0.342 e. The van der Waals surface area contributed by atoms with Gasteiger partial charge in [-0.1, -0.05) is 13.0 Å². The van der Waals surface area contributed by atoms with Crippen LogP contribution in [0.15, 0.2) is 30.3 Å². The Morgan fingerprint density at radius 3 is 2.08 bits per heavy atom. The highest BCUT2D eigenvalue weighted by atomic mass is 16.6. The van der Waals surface area contributed by atoms with Crippen LogP contribution in [0, 0.1) is 10.8 Å². The molecular weight excluding hydrogens is 480 g/mol. The number of benzene rings is 2. The lowest BCUT2D eigenvalue weighted by atomic mass is 9.72. The molecule has 2 atom stereocenters. The fourth-order valence-electron chi connectivity index (χ4n) is 3.89. The zero-order valence-electron chi connectivity index (χ0n) is 22.6. The topological polar surface area (TPSA) is 140 Å². The van der Waals surface area contributed by atoms with Gasteiger partial charge in [0.05, 0.1) is 10.8 Å². The number of aromatic hydroxyl groups is 2. The molecule has 0 aliphatic rings. The van der Waals surface area contributed by atoms with Crippen LogP contribution >= 0.6 is 0 Å². The van der Waals surface area contributed by atoms with Crippen LogP contribution in [-0.2, 0) is 23.8 Å². The average molecular weight is 519 g/mol. The Bertz CT molecular complexity index is 1150. The van der Waals surface area contributed by atoms with E-state index in [0.29, 0.717) is 17.2 Å². The summed E-state index contributed by atoms with van der Waals surface area (Å²) in [5, 5.41) is 31.2. The molecule has 0 spiro atoms. The predicted molar refractivity (Wildman–Crippen MR) is 137 cm³/mol. The Kier molecular flexibility index (Phi) is 9.19. The molecule has 0 heterocycles. The highest BCUT2D eigenvalue weighted by molar-refractivity contribution is 5.98. The second-order valence-electron chi connectivity index (χ2n) is 11.2. The summed E-state index contributed by atoms with van der Waals surface area (Å²) in [5.74, 6) is -2.21. The van der Waals surface area contributed by atoms with Crippen LogP contribution < -0.4 is 0 Å². The van der Waals surface area contributed by atoms with E-state index in [1.54, 1.807) is 54.5 Å². The largest absolute Gasteiger partial charge is 0.508 e. The standard InChI is InChI=1S/C28H38O9/c1-8-28(7,16-27(5,6)24(33)37-26(2,3)4)25(34)36-15-20(30)14-35-23(32)21-12-18-11-19(29)10-9-17(18)13-22(21)31/h9-13,20,29-31H,8,14-16H2,1-7H3. The van der Waals surface area contributed by atoms with E-state index in [1.165, 1.54) is 24.3 Å². The Hall–Kier alpha value is -3.33. The molecule has 2 aromatic carbocycles. The number of esters is 3. The Morgan fingerprint density at radius 2 is 1.49 bits per heavy atom. The Morgan fingerprint density at radius 1 is 0.865 bits per heavy atom. The van der Waals surface area contributed by atoms with Gasteiger partial charge in [0.25, 0.3) is 0 Å². The molecule has 37 heavy (non-hydrogen) atoms. The summed E-state index contributed by atoms with van der Waals surface area (Å²) in [4.78, 5) is 38.0. The summed E-state index contributed by atoms with van der Waals surface area (Å²) in [6.45, 7) is 11.3. The zero-order valence-corrected chi connectivity index (χ0v) is 22.6. The van der Waals surface area contributed by atoms with E-state index in [4.69, 9.17) is 14.2 Å². The van der Waals surface area contributed by atoms with Crippen molar-refractivity contribution in [3.05, 3.63) is 35.9 Å². The lowest BCUT2D eigenvalue weighted by molar-refractivity contribution is -0.171. The molecule has 9 nitrogen and oxygen atoms in total. The lowest BCUT2D eigenvalue weighted by Crippen LogP contribution is -2.41. The van der Waals surface area contributed by atoms with Gasteiger partial charge in [0.2, 0.25) is 0 Å². The SMILES string of the molecule is CCC(C)(CC(C)(C)C(=O)OC(C)(C)C)C(=O)OCC(O)COC(=O)c1cc2cc(O)ccc2cc1O. The minimum atomic E-state index is -1.31. The van der Waals surface area contributed by atoms with E-state index in [9.17, 15) is 29.7 Å². The Balaban J connectivity index is 1.96. The van der Waals surface area contributed by atoms with Gasteiger partial charge in [0.1, 0.15) is 42.0 Å². The van der Waals surface area contributed by atoms with Crippen LogP contribution in [0.3, 0.4) is 0 Å². The highest BCUT2D eigenvalue weighted by Crippen LogP contribution is 2.39. The summed E-state index contributed by atoms with van der Waals surface area (Å²) in [6.07, 6.45) is -0.744. The van der Waals surface area contributed by atoms with Gasteiger partial charge in [-0.15, -0.1) is 0 Å². The van der Waals surface area contributed by atoms with Gasteiger partial charge in [-0.3, -0.25) is 9.59 Å². The molecule has 0 bridgehead atoms. The van der Waals surface area contributed by atoms with E-state index >= 15 is 0 Å². The van der Waals surface area contributed by atoms with Crippen molar-refractivity contribution in [3.8, 4) is 11.5 Å². The van der Waals surface area contributed by atoms with Gasteiger partial charge in [-0.25, -0.2) is 4.79 Å². The van der Waals surface area contributed by atoms with Crippen LogP contribution in [0.4, 0.5) is 0 Å². The molecule has 0 radical (unpaired) electrons. The normalized spacial score (nSPS) is 14.5. The minimum absolute atomic E-state index is 0.00306. The molecule has 0 saturated carbocycles. The third kappa shape index (κ3) is 8.08. The second-order valence-corrected chi connectivity index (χ2v) is 11.2. The number of phenolic OH excluding ortho intramolecular Hbond substituents is 2. The van der Waals surface area contributed by atoms with Gasteiger partial charge in [0.15, 0.2) is 0 Å². The first-order valence-electron chi connectivity index (χ1n) is 12.2. The fourth-order valence-corrected chi connectivity index (χ4v) is 3.89. The van der Waals surface area contributed by atoms with Crippen molar-refractivity contribution in [1.29, 1.82) is 0 Å². The molecule has 0 aliphatic heterocycles. The number of fused-ring (bicyclic) bond motifs is 1. The van der Waals surface area contributed by atoms with Gasteiger partial charge in [-0.2, -0.15) is 0 Å². The van der Waals surface area contributed by atoms with E-state index < -0.39 is 53.7 Å². The van der Waals surface area contributed by atoms with Crippen LogP contribution in [0.25, 0.3) is 10.8 Å².